The molecule has 2 unspecified atom stereocenters. The third-order valence-corrected chi connectivity index (χ3v) is 4.57. The van der Waals surface area contributed by atoms with Gasteiger partial charge >= 0.3 is 0 Å². The Kier molecular flexibility index (Phi) is 5.18. The molecule has 0 aliphatic heterocycles. The topological polar surface area (TPSA) is 45.4 Å². The third kappa shape index (κ3) is 4.01. The molecule has 2 atom stereocenters. The molecule has 2 aromatic rings. The number of nitrogens with one attached hydrogen (secondary N) is 1. The first-order chi connectivity index (χ1) is 9.41. The van der Waals surface area contributed by atoms with Crippen molar-refractivity contribution in [3.63, 3.8) is 0 Å². The number of benzene rings is 1. The van der Waals surface area contributed by atoms with Crippen molar-refractivity contribution in [1.29, 1.82) is 0 Å². The normalized spacial score (nSPS) is 16.2. The van der Waals surface area contributed by atoms with Crippen molar-refractivity contribution < 1.29 is 9.52 Å². The molecule has 1 heterocycles. The Balaban J connectivity index is 2.05. The first-order valence-electron chi connectivity index (χ1n) is 6.55. The third-order valence-electron chi connectivity index (χ3n) is 3.17. The molecular formula is C15H20BrNO2S. The van der Waals surface area contributed by atoms with E-state index < -0.39 is 5.60 Å². The van der Waals surface area contributed by atoms with E-state index in [1.165, 1.54) is 0 Å². The number of furan rings is 1. The summed E-state index contributed by atoms with van der Waals surface area (Å²) in [6.45, 7) is 4.43. The van der Waals surface area contributed by atoms with Crippen LogP contribution in [0.5, 0.6) is 0 Å². The Labute approximate surface area is 132 Å². The molecule has 1 aromatic carbocycles. The van der Waals surface area contributed by atoms with Crippen LogP contribution >= 0.6 is 27.7 Å². The fourth-order valence-corrected chi connectivity index (χ4v) is 3.19. The van der Waals surface area contributed by atoms with Gasteiger partial charge < -0.3 is 14.8 Å². The van der Waals surface area contributed by atoms with E-state index >= 15 is 0 Å². The Morgan fingerprint density at radius 3 is 2.90 bits per heavy atom. The SMILES string of the molecule is CSCC(C)(O)CNC(C)c1cc2cc(Br)ccc2o1. The van der Waals surface area contributed by atoms with E-state index in [9.17, 15) is 5.11 Å². The van der Waals surface area contributed by atoms with Crippen molar-refractivity contribution in [2.45, 2.75) is 25.5 Å². The zero-order chi connectivity index (χ0) is 14.8. The van der Waals surface area contributed by atoms with Gasteiger partial charge in [-0.25, -0.2) is 0 Å². The minimum Gasteiger partial charge on any atom is -0.459 e. The summed E-state index contributed by atoms with van der Waals surface area (Å²) in [6, 6.07) is 8.07. The first kappa shape index (κ1) is 15.9. The zero-order valence-electron chi connectivity index (χ0n) is 11.9. The monoisotopic (exact) mass is 357 g/mol. The lowest BCUT2D eigenvalue weighted by molar-refractivity contribution is 0.0813. The van der Waals surface area contributed by atoms with Crippen molar-refractivity contribution in [3.05, 3.63) is 34.5 Å². The molecule has 1 aromatic heterocycles. The summed E-state index contributed by atoms with van der Waals surface area (Å²) in [6.07, 6.45) is 2.00. The molecule has 0 aliphatic rings. The second-order valence-corrected chi connectivity index (χ2v) is 7.15. The number of aliphatic hydroxyl groups is 1. The quantitative estimate of drug-likeness (QED) is 0.821. The van der Waals surface area contributed by atoms with E-state index in [4.69, 9.17) is 4.42 Å². The lowest BCUT2D eigenvalue weighted by Gasteiger charge is -2.24. The Bertz CT molecular complexity index is 582. The highest BCUT2D eigenvalue weighted by Gasteiger charge is 2.21. The van der Waals surface area contributed by atoms with Crippen molar-refractivity contribution in [1.82, 2.24) is 5.32 Å². The van der Waals surface area contributed by atoms with Gasteiger partial charge in [-0.1, -0.05) is 15.9 Å². The Morgan fingerprint density at radius 2 is 2.20 bits per heavy atom. The molecular weight excluding hydrogens is 338 g/mol. The van der Waals surface area contributed by atoms with Gasteiger partial charge in [0.15, 0.2) is 0 Å². The molecule has 0 saturated carbocycles. The summed E-state index contributed by atoms with van der Waals surface area (Å²) in [4.78, 5) is 0. The van der Waals surface area contributed by atoms with Crippen molar-refractivity contribution in [3.8, 4) is 0 Å². The molecule has 2 rings (SSSR count). The van der Waals surface area contributed by atoms with Gasteiger partial charge in [-0.15, -0.1) is 0 Å². The fourth-order valence-electron chi connectivity index (χ4n) is 2.08. The highest BCUT2D eigenvalue weighted by atomic mass is 79.9. The van der Waals surface area contributed by atoms with Crippen LogP contribution in [0.4, 0.5) is 0 Å². The zero-order valence-corrected chi connectivity index (χ0v) is 14.3. The van der Waals surface area contributed by atoms with Gasteiger partial charge in [0.1, 0.15) is 11.3 Å². The van der Waals surface area contributed by atoms with Crippen molar-refractivity contribution >= 4 is 38.7 Å². The van der Waals surface area contributed by atoms with Crippen LogP contribution in [-0.2, 0) is 0 Å². The van der Waals surface area contributed by atoms with Gasteiger partial charge in [-0.3, -0.25) is 0 Å². The molecule has 3 nitrogen and oxygen atoms in total. The maximum absolute atomic E-state index is 10.2. The number of hydrogen-bond donors (Lipinski definition) is 2. The largest absolute Gasteiger partial charge is 0.459 e. The van der Waals surface area contributed by atoms with E-state index in [0.29, 0.717) is 12.3 Å². The number of rotatable bonds is 6. The molecule has 0 bridgehead atoms. The molecule has 0 radical (unpaired) electrons. The average molecular weight is 358 g/mol. The van der Waals surface area contributed by atoms with Crippen molar-refractivity contribution in [2.24, 2.45) is 0 Å². The Morgan fingerprint density at radius 1 is 1.45 bits per heavy atom. The van der Waals surface area contributed by atoms with E-state index in [0.717, 1.165) is 21.2 Å². The van der Waals surface area contributed by atoms with Gasteiger partial charge in [0.2, 0.25) is 0 Å². The predicted molar refractivity (Wildman–Crippen MR) is 89.3 cm³/mol. The van der Waals surface area contributed by atoms with Crippen molar-refractivity contribution in [2.75, 3.05) is 18.6 Å². The van der Waals surface area contributed by atoms with Crippen LogP contribution < -0.4 is 5.32 Å². The molecule has 20 heavy (non-hydrogen) atoms. The van der Waals surface area contributed by atoms with Crippen LogP contribution in [0.1, 0.15) is 25.6 Å². The fraction of sp³-hybridized carbons (Fsp3) is 0.467. The van der Waals surface area contributed by atoms with Crippen LogP contribution in [0.2, 0.25) is 0 Å². The molecule has 5 heteroatoms. The maximum Gasteiger partial charge on any atom is 0.134 e. The van der Waals surface area contributed by atoms with Gasteiger partial charge in [-0.05, 0) is 44.4 Å². The summed E-state index contributed by atoms with van der Waals surface area (Å²) < 4.78 is 6.88. The standard InChI is InChI=1S/C15H20BrNO2S/c1-10(17-8-15(2,18)9-20-3)14-7-11-6-12(16)4-5-13(11)19-14/h4-7,10,17-18H,8-9H2,1-3H3. The van der Waals surface area contributed by atoms with Crippen LogP contribution in [0.25, 0.3) is 11.0 Å². The summed E-state index contributed by atoms with van der Waals surface area (Å²) in [5.74, 6) is 1.60. The molecule has 2 N–H and O–H groups in total. The predicted octanol–water partition coefficient (Wildman–Crippen LogP) is 3.96. The lowest BCUT2D eigenvalue weighted by Crippen LogP contribution is -2.40. The lowest BCUT2D eigenvalue weighted by atomic mass is 10.1. The Hall–Kier alpha value is -0.490. The highest BCUT2D eigenvalue weighted by molar-refractivity contribution is 9.10. The van der Waals surface area contributed by atoms with E-state index in [2.05, 4.69) is 21.2 Å². The maximum atomic E-state index is 10.2. The average Bonchev–Trinajstić information content (AvgIpc) is 2.79. The molecule has 0 saturated heterocycles. The van der Waals surface area contributed by atoms with Crippen LogP contribution in [0.15, 0.2) is 33.2 Å². The number of thioether (sulfide) groups is 1. The molecule has 0 amide bonds. The first-order valence-corrected chi connectivity index (χ1v) is 8.74. The van der Waals surface area contributed by atoms with Gasteiger partial charge in [0.05, 0.1) is 11.6 Å². The molecule has 0 fully saturated rings. The molecule has 0 spiro atoms. The minimum absolute atomic E-state index is 0.0644. The summed E-state index contributed by atoms with van der Waals surface area (Å²) in [5, 5.41) is 14.6. The van der Waals surface area contributed by atoms with Crippen LogP contribution in [-0.4, -0.2) is 29.3 Å². The van der Waals surface area contributed by atoms with Gasteiger partial charge in [-0.2, -0.15) is 11.8 Å². The smallest absolute Gasteiger partial charge is 0.134 e. The van der Waals surface area contributed by atoms with E-state index in [1.807, 2.05) is 44.4 Å². The second-order valence-electron chi connectivity index (χ2n) is 5.36. The van der Waals surface area contributed by atoms with Crippen LogP contribution in [0, 0.1) is 0 Å². The summed E-state index contributed by atoms with van der Waals surface area (Å²) in [5.41, 5.74) is 0.177. The number of halogens is 1. The minimum atomic E-state index is -0.706. The second kappa shape index (κ2) is 6.52. The van der Waals surface area contributed by atoms with Gasteiger partial charge in [0.25, 0.3) is 0 Å². The summed E-state index contributed by atoms with van der Waals surface area (Å²) >= 11 is 5.10. The van der Waals surface area contributed by atoms with E-state index in [1.54, 1.807) is 11.8 Å². The van der Waals surface area contributed by atoms with E-state index in [-0.39, 0.29) is 6.04 Å². The molecule has 0 aliphatic carbocycles. The number of fused-ring (bicyclic) bond motifs is 1. The number of hydrogen-bond acceptors (Lipinski definition) is 4. The highest BCUT2D eigenvalue weighted by Crippen LogP contribution is 2.26. The molecule has 110 valence electrons. The summed E-state index contributed by atoms with van der Waals surface area (Å²) in [7, 11) is 0. The van der Waals surface area contributed by atoms with Gasteiger partial charge in [0, 0.05) is 22.2 Å². The van der Waals surface area contributed by atoms with Crippen LogP contribution in [0.3, 0.4) is 0 Å².